The maximum atomic E-state index is 12.6. The highest BCUT2D eigenvalue weighted by atomic mass is 32.1. The molecule has 2 N–H and O–H groups in total. The van der Waals surface area contributed by atoms with Crippen LogP contribution in [0.3, 0.4) is 0 Å². The molecule has 1 rings (SSSR count). The second kappa shape index (κ2) is 5.29. The number of nitrogens with zero attached hydrogens (tertiary/aromatic N) is 1. The van der Waals surface area contributed by atoms with Crippen molar-refractivity contribution in [3.05, 3.63) is 0 Å². The molecule has 0 aromatic rings. The summed E-state index contributed by atoms with van der Waals surface area (Å²) in [6.07, 6.45) is -4.37. The van der Waals surface area contributed by atoms with Crippen molar-refractivity contribution in [3.8, 4) is 0 Å². The van der Waals surface area contributed by atoms with E-state index in [2.05, 4.69) is 12.2 Å². The molecule has 0 saturated carbocycles. The Morgan fingerprint density at radius 2 is 2.25 bits per heavy atom. The van der Waals surface area contributed by atoms with Gasteiger partial charge in [-0.15, -0.1) is 0 Å². The van der Waals surface area contributed by atoms with E-state index >= 15 is 0 Å². The van der Waals surface area contributed by atoms with Crippen LogP contribution in [0.1, 0.15) is 6.92 Å². The van der Waals surface area contributed by atoms with E-state index in [4.69, 9.17) is 10.5 Å². The van der Waals surface area contributed by atoms with Gasteiger partial charge in [-0.1, -0.05) is 12.2 Å². The topological polar surface area (TPSA) is 38.5 Å². The summed E-state index contributed by atoms with van der Waals surface area (Å²) in [4.78, 5) is 1.21. The molecule has 94 valence electrons. The van der Waals surface area contributed by atoms with Gasteiger partial charge in [0.1, 0.15) is 5.92 Å². The third-order valence-electron chi connectivity index (χ3n) is 2.66. The van der Waals surface area contributed by atoms with Crippen LogP contribution in [-0.4, -0.2) is 48.4 Å². The zero-order chi connectivity index (χ0) is 12.3. The predicted octanol–water partition coefficient (Wildman–Crippen LogP) is 1.17. The van der Waals surface area contributed by atoms with Gasteiger partial charge in [-0.05, 0) is 6.92 Å². The van der Waals surface area contributed by atoms with Gasteiger partial charge in [-0.3, -0.25) is 4.90 Å². The molecule has 0 spiro atoms. The molecule has 1 saturated heterocycles. The third-order valence-corrected chi connectivity index (χ3v) is 2.95. The number of hydrogen-bond donors (Lipinski definition) is 1. The SMILES string of the molecule is CC1COCCN1CC(C(N)=S)C(F)(F)F. The molecule has 0 radical (unpaired) electrons. The molecule has 0 aliphatic carbocycles. The second-order valence-electron chi connectivity index (χ2n) is 3.92. The first kappa shape index (κ1) is 13.7. The summed E-state index contributed by atoms with van der Waals surface area (Å²) in [5, 5.41) is 0. The van der Waals surface area contributed by atoms with E-state index in [1.165, 1.54) is 0 Å². The molecule has 1 heterocycles. The lowest BCUT2D eigenvalue weighted by molar-refractivity contribution is -0.163. The average molecular weight is 256 g/mol. The second-order valence-corrected chi connectivity index (χ2v) is 4.39. The third kappa shape index (κ3) is 3.57. The predicted molar refractivity (Wildman–Crippen MR) is 58.2 cm³/mol. The van der Waals surface area contributed by atoms with E-state index in [9.17, 15) is 13.2 Å². The van der Waals surface area contributed by atoms with E-state index in [0.29, 0.717) is 19.8 Å². The van der Waals surface area contributed by atoms with Crippen LogP contribution in [-0.2, 0) is 4.74 Å². The molecule has 1 fully saturated rings. The van der Waals surface area contributed by atoms with E-state index in [1.54, 1.807) is 4.90 Å². The maximum absolute atomic E-state index is 12.6. The highest BCUT2D eigenvalue weighted by Gasteiger charge is 2.43. The number of thiocarbonyl (C=S) groups is 1. The summed E-state index contributed by atoms with van der Waals surface area (Å²) in [5.74, 6) is -1.73. The van der Waals surface area contributed by atoms with Gasteiger partial charge >= 0.3 is 6.18 Å². The normalized spacial score (nSPS) is 25.4. The van der Waals surface area contributed by atoms with Crippen LogP contribution < -0.4 is 5.73 Å². The summed E-state index contributed by atoms with van der Waals surface area (Å²) in [6.45, 7) is 3.03. The van der Waals surface area contributed by atoms with E-state index in [0.717, 1.165) is 0 Å². The molecule has 16 heavy (non-hydrogen) atoms. The number of rotatable bonds is 3. The lowest BCUT2D eigenvalue weighted by atomic mass is 10.1. The maximum Gasteiger partial charge on any atom is 0.399 e. The first-order valence-electron chi connectivity index (χ1n) is 5.00. The molecule has 1 aliphatic heterocycles. The summed E-state index contributed by atoms with van der Waals surface area (Å²) in [6, 6.07) is -0.0343. The van der Waals surface area contributed by atoms with Gasteiger partial charge in [-0.2, -0.15) is 13.2 Å². The van der Waals surface area contributed by atoms with Crippen LogP contribution in [0.4, 0.5) is 13.2 Å². The number of morpholine rings is 1. The molecule has 7 heteroatoms. The first-order chi connectivity index (χ1) is 7.32. The summed E-state index contributed by atoms with van der Waals surface area (Å²) in [5.41, 5.74) is 5.14. The molecule has 0 aromatic carbocycles. The minimum Gasteiger partial charge on any atom is -0.393 e. The van der Waals surface area contributed by atoms with Crippen LogP contribution >= 0.6 is 12.2 Å². The van der Waals surface area contributed by atoms with Gasteiger partial charge in [0.25, 0.3) is 0 Å². The number of alkyl halides is 3. The molecular weight excluding hydrogens is 241 g/mol. The van der Waals surface area contributed by atoms with Crippen LogP contribution in [0.5, 0.6) is 0 Å². The molecule has 0 aromatic heterocycles. The quantitative estimate of drug-likeness (QED) is 0.769. The van der Waals surface area contributed by atoms with Crippen molar-refractivity contribution in [2.45, 2.75) is 19.1 Å². The van der Waals surface area contributed by atoms with Gasteiger partial charge in [0, 0.05) is 19.1 Å². The monoisotopic (exact) mass is 256 g/mol. The molecular formula is C9H15F3N2OS. The standard InChI is InChI=1S/C9H15F3N2OS/c1-6-5-15-3-2-14(6)4-7(8(13)16)9(10,11)12/h6-7H,2-5H2,1H3,(H2,13,16). The summed E-state index contributed by atoms with van der Waals surface area (Å²) < 4.78 is 43.0. The van der Waals surface area contributed by atoms with Crippen molar-refractivity contribution in [1.82, 2.24) is 4.90 Å². The van der Waals surface area contributed by atoms with Crippen molar-refractivity contribution < 1.29 is 17.9 Å². The van der Waals surface area contributed by atoms with Crippen molar-refractivity contribution in [3.63, 3.8) is 0 Å². The largest absolute Gasteiger partial charge is 0.399 e. The Labute approximate surface area is 97.7 Å². The Morgan fingerprint density at radius 1 is 1.62 bits per heavy atom. The molecule has 1 aliphatic rings. The van der Waals surface area contributed by atoms with E-state index in [-0.39, 0.29) is 12.6 Å². The Morgan fingerprint density at radius 3 is 2.69 bits per heavy atom. The lowest BCUT2D eigenvalue weighted by Gasteiger charge is -2.35. The van der Waals surface area contributed by atoms with E-state index < -0.39 is 17.1 Å². The van der Waals surface area contributed by atoms with Gasteiger partial charge in [-0.25, -0.2) is 0 Å². The van der Waals surface area contributed by atoms with Gasteiger partial charge in [0.2, 0.25) is 0 Å². The van der Waals surface area contributed by atoms with Crippen LogP contribution in [0.25, 0.3) is 0 Å². The molecule has 0 amide bonds. The molecule has 2 unspecified atom stereocenters. The number of ether oxygens (including phenoxy) is 1. The fraction of sp³-hybridized carbons (Fsp3) is 0.889. The van der Waals surface area contributed by atoms with Crippen LogP contribution in [0.15, 0.2) is 0 Å². The Hall–Kier alpha value is -0.400. The van der Waals surface area contributed by atoms with Crippen molar-refractivity contribution in [2.24, 2.45) is 11.7 Å². The number of nitrogens with two attached hydrogens (primary N) is 1. The average Bonchev–Trinajstić information content (AvgIpc) is 2.14. The summed E-state index contributed by atoms with van der Waals surface area (Å²) in [7, 11) is 0. The fourth-order valence-corrected chi connectivity index (χ4v) is 1.83. The van der Waals surface area contributed by atoms with Crippen LogP contribution in [0.2, 0.25) is 0 Å². The highest BCUT2D eigenvalue weighted by molar-refractivity contribution is 7.80. The Balaban J connectivity index is 2.64. The Kier molecular flexibility index (Phi) is 4.52. The molecule has 3 nitrogen and oxygen atoms in total. The van der Waals surface area contributed by atoms with Crippen molar-refractivity contribution in [2.75, 3.05) is 26.3 Å². The minimum absolute atomic E-state index is 0.0343. The van der Waals surface area contributed by atoms with Gasteiger partial charge in [0.15, 0.2) is 0 Å². The molecule has 0 bridgehead atoms. The molecule has 2 atom stereocenters. The van der Waals surface area contributed by atoms with Crippen molar-refractivity contribution in [1.29, 1.82) is 0 Å². The lowest BCUT2D eigenvalue weighted by Crippen LogP contribution is -2.50. The zero-order valence-corrected chi connectivity index (χ0v) is 9.77. The number of halogens is 3. The first-order valence-corrected chi connectivity index (χ1v) is 5.41. The zero-order valence-electron chi connectivity index (χ0n) is 8.96. The van der Waals surface area contributed by atoms with E-state index in [1.807, 2.05) is 6.92 Å². The highest BCUT2D eigenvalue weighted by Crippen LogP contribution is 2.28. The minimum atomic E-state index is -4.37. The van der Waals surface area contributed by atoms with Crippen molar-refractivity contribution >= 4 is 17.2 Å². The summed E-state index contributed by atoms with van der Waals surface area (Å²) >= 11 is 4.47. The smallest absolute Gasteiger partial charge is 0.393 e. The fourth-order valence-electron chi connectivity index (χ4n) is 1.62. The Bertz CT molecular complexity index is 260. The van der Waals surface area contributed by atoms with Crippen LogP contribution in [0, 0.1) is 5.92 Å². The van der Waals surface area contributed by atoms with Gasteiger partial charge < -0.3 is 10.5 Å². The number of hydrogen-bond acceptors (Lipinski definition) is 3. The van der Waals surface area contributed by atoms with Gasteiger partial charge in [0.05, 0.1) is 18.2 Å².